The van der Waals surface area contributed by atoms with Crippen molar-refractivity contribution in [3.05, 3.63) is 53.0 Å². The molecule has 1 atom stereocenters. The zero-order valence-electron chi connectivity index (χ0n) is 16.3. The molecule has 1 N–H and O–H groups in total. The summed E-state index contributed by atoms with van der Waals surface area (Å²) in [6, 6.07) is 7.47. The number of nitriles is 1. The van der Waals surface area contributed by atoms with Crippen molar-refractivity contribution in [2.45, 2.75) is 19.3 Å². The summed E-state index contributed by atoms with van der Waals surface area (Å²) in [6.07, 6.45) is 3.89. The second kappa shape index (κ2) is 7.87. The van der Waals surface area contributed by atoms with Crippen LogP contribution in [0.1, 0.15) is 39.5 Å². The first kappa shape index (κ1) is 18.9. The number of hydrogen-bond donors (Lipinski definition) is 1. The second-order valence-electron chi connectivity index (χ2n) is 7.36. The Balaban J connectivity index is 1.39. The molecule has 8 heteroatoms. The number of nitrogens with one attached hydrogen (secondary N) is 1. The van der Waals surface area contributed by atoms with Gasteiger partial charge in [-0.15, -0.1) is 0 Å². The van der Waals surface area contributed by atoms with Crippen molar-refractivity contribution in [3.63, 3.8) is 0 Å². The molecule has 0 aromatic carbocycles. The number of rotatable bonds is 3. The van der Waals surface area contributed by atoms with Crippen LogP contribution in [0.3, 0.4) is 0 Å². The summed E-state index contributed by atoms with van der Waals surface area (Å²) in [6.45, 7) is 5.15. The standard InChI is InChI=1S/C21H22N6O2/c1-14-10-15(11-22)12-25-19(14)26-6-8-27(9-7-26)21(29)16-2-3-18(24-13-16)17-4-5-23-20(17)28/h2-3,10,12-13,17H,4-9H2,1H3,(H,23,28). The van der Waals surface area contributed by atoms with Gasteiger partial charge in [-0.05, 0) is 37.1 Å². The van der Waals surface area contributed by atoms with Crippen molar-refractivity contribution in [2.75, 3.05) is 37.6 Å². The van der Waals surface area contributed by atoms with Crippen LogP contribution in [0.2, 0.25) is 0 Å². The van der Waals surface area contributed by atoms with E-state index < -0.39 is 0 Å². The van der Waals surface area contributed by atoms with Gasteiger partial charge in [-0.2, -0.15) is 5.26 Å². The molecule has 2 saturated heterocycles. The second-order valence-corrected chi connectivity index (χ2v) is 7.36. The molecule has 148 valence electrons. The molecular weight excluding hydrogens is 368 g/mol. The van der Waals surface area contributed by atoms with Gasteiger partial charge in [0.1, 0.15) is 11.9 Å². The fourth-order valence-electron chi connectivity index (χ4n) is 3.88. The lowest BCUT2D eigenvalue weighted by atomic mass is 10.0. The number of amides is 2. The molecule has 2 aromatic rings. The van der Waals surface area contributed by atoms with E-state index in [0.717, 1.165) is 17.8 Å². The molecule has 2 aliphatic rings. The molecule has 0 saturated carbocycles. The first-order valence-electron chi connectivity index (χ1n) is 9.71. The third-order valence-corrected chi connectivity index (χ3v) is 5.49. The van der Waals surface area contributed by atoms with Crippen molar-refractivity contribution < 1.29 is 9.59 Å². The topological polar surface area (TPSA) is 102 Å². The summed E-state index contributed by atoms with van der Waals surface area (Å²) < 4.78 is 0. The van der Waals surface area contributed by atoms with Crippen LogP contribution in [0, 0.1) is 18.3 Å². The van der Waals surface area contributed by atoms with Gasteiger partial charge in [0.2, 0.25) is 5.91 Å². The van der Waals surface area contributed by atoms with Crippen LogP contribution >= 0.6 is 0 Å². The predicted octanol–water partition coefficient (Wildman–Crippen LogP) is 1.22. The molecule has 0 aliphatic carbocycles. The predicted molar refractivity (Wildman–Crippen MR) is 106 cm³/mol. The lowest BCUT2D eigenvalue weighted by Gasteiger charge is -2.36. The van der Waals surface area contributed by atoms with E-state index in [-0.39, 0.29) is 17.7 Å². The Morgan fingerprint density at radius 2 is 2.00 bits per heavy atom. The fraction of sp³-hybridized carbons (Fsp3) is 0.381. The molecule has 4 heterocycles. The molecule has 4 rings (SSSR count). The number of piperazine rings is 1. The van der Waals surface area contributed by atoms with Crippen LogP contribution in [0.4, 0.5) is 5.82 Å². The SMILES string of the molecule is Cc1cc(C#N)cnc1N1CCN(C(=O)c2ccc(C3CCNC3=O)nc2)CC1. The van der Waals surface area contributed by atoms with E-state index in [9.17, 15) is 9.59 Å². The largest absolute Gasteiger partial charge is 0.355 e. The third-order valence-electron chi connectivity index (χ3n) is 5.49. The van der Waals surface area contributed by atoms with Crippen molar-refractivity contribution in [1.29, 1.82) is 5.26 Å². The molecule has 0 bridgehead atoms. The number of carbonyl (C=O) groups excluding carboxylic acids is 2. The highest BCUT2D eigenvalue weighted by Crippen LogP contribution is 2.23. The van der Waals surface area contributed by atoms with E-state index in [1.807, 2.05) is 17.9 Å². The molecule has 0 radical (unpaired) electrons. The van der Waals surface area contributed by atoms with Gasteiger partial charge < -0.3 is 15.1 Å². The molecule has 8 nitrogen and oxygen atoms in total. The van der Waals surface area contributed by atoms with E-state index in [1.165, 1.54) is 0 Å². The summed E-state index contributed by atoms with van der Waals surface area (Å²) in [7, 11) is 0. The van der Waals surface area contributed by atoms with Gasteiger partial charge in [0.15, 0.2) is 0 Å². The minimum absolute atomic E-state index is 0.000552. The van der Waals surface area contributed by atoms with Crippen LogP contribution in [0.25, 0.3) is 0 Å². The Hall–Kier alpha value is -3.47. The minimum Gasteiger partial charge on any atom is -0.355 e. The maximum Gasteiger partial charge on any atom is 0.255 e. The molecule has 1 unspecified atom stereocenters. The van der Waals surface area contributed by atoms with Crippen LogP contribution in [0.5, 0.6) is 0 Å². The maximum absolute atomic E-state index is 12.8. The normalized spacial score (nSPS) is 19.0. The Labute approximate surface area is 169 Å². The van der Waals surface area contributed by atoms with Crippen molar-refractivity contribution >= 4 is 17.6 Å². The number of aryl methyl sites for hydroxylation is 1. The van der Waals surface area contributed by atoms with E-state index >= 15 is 0 Å². The van der Waals surface area contributed by atoms with Gasteiger partial charge in [0.05, 0.1) is 22.7 Å². The molecule has 2 aliphatic heterocycles. The van der Waals surface area contributed by atoms with Gasteiger partial charge in [-0.3, -0.25) is 14.6 Å². The maximum atomic E-state index is 12.8. The molecule has 2 amide bonds. The quantitative estimate of drug-likeness (QED) is 0.846. The van der Waals surface area contributed by atoms with Gasteiger partial charge in [0, 0.05) is 45.1 Å². The average Bonchev–Trinajstić information content (AvgIpc) is 3.19. The lowest BCUT2D eigenvalue weighted by Crippen LogP contribution is -2.49. The molecular formula is C21H22N6O2. The highest BCUT2D eigenvalue weighted by atomic mass is 16.2. The fourth-order valence-corrected chi connectivity index (χ4v) is 3.88. The highest BCUT2D eigenvalue weighted by molar-refractivity contribution is 5.94. The summed E-state index contributed by atoms with van der Waals surface area (Å²) in [5.74, 6) is 0.589. The first-order chi connectivity index (χ1) is 14.1. The zero-order chi connectivity index (χ0) is 20.4. The van der Waals surface area contributed by atoms with Crippen LogP contribution < -0.4 is 10.2 Å². The number of pyridine rings is 2. The van der Waals surface area contributed by atoms with Crippen LogP contribution in [-0.4, -0.2) is 59.4 Å². The highest BCUT2D eigenvalue weighted by Gasteiger charge is 2.28. The molecule has 29 heavy (non-hydrogen) atoms. The molecule has 0 spiro atoms. The van der Waals surface area contributed by atoms with Gasteiger partial charge >= 0.3 is 0 Å². The Bertz CT molecular complexity index is 974. The number of anilines is 1. The minimum atomic E-state index is -0.217. The number of hydrogen-bond acceptors (Lipinski definition) is 6. The van der Waals surface area contributed by atoms with E-state index in [4.69, 9.17) is 5.26 Å². The summed E-state index contributed by atoms with van der Waals surface area (Å²) in [5, 5.41) is 11.8. The van der Waals surface area contributed by atoms with Gasteiger partial charge in [-0.1, -0.05) is 0 Å². The summed E-state index contributed by atoms with van der Waals surface area (Å²) in [4.78, 5) is 37.4. The van der Waals surface area contributed by atoms with Crippen LogP contribution in [0.15, 0.2) is 30.6 Å². The average molecular weight is 390 g/mol. The monoisotopic (exact) mass is 390 g/mol. The summed E-state index contributed by atoms with van der Waals surface area (Å²) in [5.41, 5.74) is 2.75. The number of nitrogens with zero attached hydrogens (tertiary/aromatic N) is 5. The zero-order valence-corrected chi connectivity index (χ0v) is 16.3. The molecule has 2 fully saturated rings. The first-order valence-corrected chi connectivity index (χ1v) is 9.71. The van der Waals surface area contributed by atoms with Crippen molar-refractivity contribution in [1.82, 2.24) is 20.2 Å². The summed E-state index contributed by atoms with van der Waals surface area (Å²) >= 11 is 0. The van der Waals surface area contributed by atoms with Gasteiger partial charge in [-0.25, -0.2) is 4.98 Å². The van der Waals surface area contributed by atoms with Gasteiger partial charge in [0.25, 0.3) is 5.91 Å². The van der Waals surface area contributed by atoms with Crippen molar-refractivity contribution in [3.8, 4) is 6.07 Å². The lowest BCUT2D eigenvalue weighted by molar-refractivity contribution is -0.120. The third kappa shape index (κ3) is 3.76. The van der Waals surface area contributed by atoms with E-state index in [1.54, 1.807) is 24.5 Å². The number of carbonyl (C=O) groups is 2. The Kier molecular flexibility index (Phi) is 5.12. The molecule has 2 aromatic heterocycles. The van der Waals surface area contributed by atoms with Crippen LogP contribution in [-0.2, 0) is 4.79 Å². The smallest absolute Gasteiger partial charge is 0.255 e. The Morgan fingerprint density at radius 3 is 2.59 bits per heavy atom. The van der Waals surface area contributed by atoms with Crippen molar-refractivity contribution in [2.24, 2.45) is 0 Å². The Morgan fingerprint density at radius 1 is 1.21 bits per heavy atom. The number of aromatic nitrogens is 2. The van der Waals surface area contributed by atoms with E-state index in [0.29, 0.717) is 49.5 Å². The van der Waals surface area contributed by atoms with E-state index in [2.05, 4.69) is 26.3 Å².